The van der Waals surface area contributed by atoms with Crippen LogP contribution in [0.2, 0.25) is 0 Å². The van der Waals surface area contributed by atoms with Crippen LogP contribution in [0, 0.1) is 12.7 Å². The molecule has 0 atom stereocenters. The summed E-state index contributed by atoms with van der Waals surface area (Å²) in [4.78, 5) is 20.3. The summed E-state index contributed by atoms with van der Waals surface area (Å²) in [6.07, 6.45) is 1.24. The van der Waals surface area contributed by atoms with Crippen LogP contribution in [0.4, 0.5) is 4.39 Å². The molecule has 0 spiro atoms. The molecule has 0 aliphatic carbocycles. The van der Waals surface area contributed by atoms with E-state index in [-0.39, 0.29) is 29.8 Å². The van der Waals surface area contributed by atoms with Gasteiger partial charge in [0.1, 0.15) is 6.26 Å². The average molecular weight is 347 g/mol. The highest BCUT2D eigenvalue weighted by Crippen LogP contribution is 2.17. The lowest BCUT2D eigenvalue weighted by molar-refractivity contribution is 0.0945. The summed E-state index contributed by atoms with van der Waals surface area (Å²) in [6, 6.07) is 6.03. The number of rotatable bonds is 6. The number of carbonyl (C=O) groups excluding carboxylic acids is 1. The molecule has 3 aromatic rings. The summed E-state index contributed by atoms with van der Waals surface area (Å²) in [5.74, 6) is -0.560. The number of carbonyl (C=O) groups is 1. The molecule has 2 aromatic heterocycles. The molecule has 6 nitrogen and oxygen atoms in total. The van der Waals surface area contributed by atoms with Gasteiger partial charge < -0.3 is 14.5 Å². The van der Waals surface area contributed by atoms with Gasteiger partial charge >= 0.3 is 0 Å². The third-order valence-corrected chi connectivity index (χ3v) is 3.89. The Morgan fingerprint density at radius 3 is 2.96 bits per heavy atom. The van der Waals surface area contributed by atoms with E-state index in [1.165, 1.54) is 29.7 Å². The lowest BCUT2D eigenvalue weighted by Crippen LogP contribution is -2.23. The number of aromatic nitrogens is 2. The number of oxazole rings is 1. The Kier molecular flexibility index (Phi) is 4.85. The van der Waals surface area contributed by atoms with Gasteiger partial charge in [-0.15, -0.1) is 11.3 Å². The van der Waals surface area contributed by atoms with Gasteiger partial charge in [0, 0.05) is 5.38 Å². The van der Waals surface area contributed by atoms with E-state index in [4.69, 9.17) is 9.15 Å². The first-order chi connectivity index (χ1) is 11.6. The first-order valence-electron chi connectivity index (χ1n) is 7.13. The maximum atomic E-state index is 13.4. The number of benzene rings is 1. The Bertz CT molecular complexity index is 846. The Balaban J connectivity index is 1.54. The fraction of sp³-hybridized carbons (Fsp3) is 0.188. The van der Waals surface area contributed by atoms with Crippen LogP contribution in [0.3, 0.4) is 0 Å². The first-order valence-corrected chi connectivity index (χ1v) is 8.00. The molecule has 2 heterocycles. The zero-order chi connectivity index (χ0) is 16.9. The quantitative estimate of drug-likeness (QED) is 0.741. The number of halogens is 1. The number of hydrogen-bond donors (Lipinski definition) is 1. The average Bonchev–Trinajstić information content (AvgIpc) is 3.21. The van der Waals surface area contributed by atoms with Crippen molar-refractivity contribution in [3.05, 3.63) is 64.0 Å². The Morgan fingerprint density at radius 2 is 2.21 bits per heavy atom. The highest BCUT2D eigenvalue weighted by molar-refractivity contribution is 7.09. The molecule has 0 fully saturated rings. The second-order valence-electron chi connectivity index (χ2n) is 4.89. The number of para-hydroxylation sites is 1. The van der Waals surface area contributed by atoms with Gasteiger partial charge in [-0.05, 0) is 19.1 Å². The van der Waals surface area contributed by atoms with Crippen LogP contribution >= 0.6 is 11.3 Å². The predicted octanol–water partition coefficient (Wildman–Crippen LogP) is 3.09. The zero-order valence-electron chi connectivity index (χ0n) is 12.8. The number of aryl methyl sites for hydroxylation is 1. The molecule has 1 N–H and O–H groups in total. The van der Waals surface area contributed by atoms with Crippen molar-refractivity contribution < 1.29 is 18.3 Å². The largest absolute Gasteiger partial charge is 0.481 e. The SMILES string of the molecule is Cc1nc(CNC(=O)c2coc(COc3ccccc3F)n2)cs1. The molecular formula is C16H14FN3O3S. The van der Waals surface area contributed by atoms with Gasteiger partial charge in [-0.3, -0.25) is 4.79 Å². The summed E-state index contributed by atoms with van der Waals surface area (Å²) in [5, 5.41) is 5.53. The van der Waals surface area contributed by atoms with Crippen molar-refractivity contribution in [2.75, 3.05) is 0 Å². The van der Waals surface area contributed by atoms with E-state index in [0.717, 1.165) is 10.7 Å². The highest BCUT2D eigenvalue weighted by atomic mass is 32.1. The van der Waals surface area contributed by atoms with Crippen LogP contribution in [0.15, 0.2) is 40.3 Å². The van der Waals surface area contributed by atoms with Gasteiger partial charge in [0.25, 0.3) is 5.91 Å². The van der Waals surface area contributed by atoms with E-state index in [9.17, 15) is 9.18 Å². The number of hydrogen-bond acceptors (Lipinski definition) is 6. The number of thiazole rings is 1. The molecule has 0 bridgehead atoms. The van der Waals surface area contributed by atoms with E-state index in [1.807, 2.05) is 12.3 Å². The van der Waals surface area contributed by atoms with Gasteiger partial charge in [-0.2, -0.15) is 0 Å². The molecule has 3 rings (SSSR count). The lowest BCUT2D eigenvalue weighted by atomic mass is 10.3. The molecule has 0 aliphatic heterocycles. The fourth-order valence-electron chi connectivity index (χ4n) is 1.93. The van der Waals surface area contributed by atoms with Gasteiger partial charge in [0.15, 0.2) is 23.9 Å². The van der Waals surface area contributed by atoms with E-state index < -0.39 is 5.82 Å². The van der Waals surface area contributed by atoms with Gasteiger partial charge in [0.2, 0.25) is 5.89 Å². The normalized spacial score (nSPS) is 10.6. The third-order valence-electron chi connectivity index (χ3n) is 3.07. The minimum absolute atomic E-state index is 0.0699. The Hall–Kier alpha value is -2.74. The third kappa shape index (κ3) is 3.96. The van der Waals surface area contributed by atoms with Crippen LogP contribution in [0.5, 0.6) is 5.75 Å². The summed E-state index contributed by atoms with van der Waals surface area (Å²) < 4.78 is 23.9. The second kappa shape index (κ2) is 7.22. The smallest absolute Gasteiger partial charge is 0.273 e. The lowest BCUT2D eigenvalue weighted by Gasteiger charge is -2.03. The van der Waals surface area contributed by atoms with Gasteiger partial charge in [-0.25, -0.2) is 14.4 Å². The maximum Gasteiger partial charge on any atom is 0.273 e. The van der Waals surface area contributed by atoms with Gasteiger partial charge in [-0.1, -0.05) is 12.1 Å². The summed E-state index contributed by atoms with van der Waals surface area (Å²) >= 11 is 1.52. The van der Waals surface area contributed by atoms with Crippen LogP contribution in [-0.2, 0) is 13.2 Å². The predicted molar refractivity (Wildman–Crippen MR) is 85.3 cm³/mol. The zero-order valence-corrected chi connectivity index (χ0v) is 13.6. The molecule has 8 heteroatoms. The van der Waals surface area contributed by atoms with Crippen molar-refractivity contribution in [2.45, 2.75) is 20.1 Å². The Morgan fingerprint density at radius 1 is 1.38 bits per heavy atom. The molecule has 1 amide bonds. The van der Waals surface area contributed by atoms with Crippen LogP contribution in [-0.4, -0.2) is 15.9 Å². The van der Waals surface area contributed by atoms with E-state index in [1.54, 1.807) is 12.1 Å². The van der Waals surface area contributed by atoms with Crippen molar-refractivity contribution >= 4 is 17.2 Å². The Labute approximate surface area is 141 Å². The molecule has 0 saturated carbocycles. The molecule has 0 unspecified atom stereocenters. The van der Waals surface area contributed by atoms with Gasteiger partial charge in [0.05, 0.1) is 17.2 Å². The summed E-state index contributed by atoms with van der Waals surface area (Å²) in [6.45, 7) is 2.14. The van der Waals surface area contributed by atoms with Crippen molar-refractivity contribution in [1.82, 2.24) is 15.3 Å². The topological polar surface area (TPSA) is 77.2 Å². The molecular weight excluding hydrogens is 333 g/mol. The van der Waals surface area contributed by atoms with Crippen molar-refractivity contribution in [1.29, 1.82) is 0 Å². The van der Waals surface area contributed by atoms with Crippen molar-refractivity contribution in [3.8, 4) is 5.75 Å². The number of nitrogens with zero attached hydrogens (tertiary/aromatic N) is 2. The van der Waals surface area contributed by atoms with E-state index in [0.29, 0.717) is 6.54 Å². The molecule has 24 heavy (non-hydrogen) atoms. The minimum atomic E-state index is -0.472. The number of amides is 1. The fourth-order valence-corrected chi connectivity index (χ4v) is 2.55. The van der Waals surface area contributed by atoms with E-state index in [2.05, 4.69) is 15.3 Å². The van der Waals surface area contributed by atoms with Crippen LogP contribution in [0.1, 0.15) is 27.1 Å². The first kappa shape index (κ1) is 16.1. The minimum Gasteiger partial charge on any atom is -0.481 e. The van der Waals surface area contributed by atoms with Crippen LogP contribution < -0.4 is 10.1 Å². The molecule has 0 radical (unpaired) electrons. The molecule has 0 aliphatic rings. The van der Waals surface area contributed by atoms with E-state index >= 15 is 0 Å². The second-order valence-corrected chi connectivity index (χ2v) is 5.95. The summed E-state index contributed by atoms with van der Waals surface area (Å²) in [7, 11) is 0. The molecule has 0 saturated heterocycles. The van der Waals surface area contributed by atoms with Crippen LogP contribution in [0.25, 0.3) is 0 Å². The number of nitrogens with one attached hydrogen (secondary N) is 1. The highest BCUT2D eigenvalue weighted by Gasteiger charge is 2.13. The maximum absolute atomic E-state index is 13.4. The number of ether oxygens (including phenoxy) is 1. The summed E-state index contributed by atoms with van der Waals surface area (Å²) in [5.41, 5.74) is 0.923. The standard InChI is InChI=1S/C16H14FN3O3S/c1-10-19-11(9-24-10)6-18-16(21)13-7-23-15(20-13)8-22-14-5-3-2-4-12(14)17/h2-5,7,9H,6,8H2,1H3,(H,18,21). The monoisotopic (exact) mass is 347 g/mol. The molecule has 124 valence electrons. The molecule has 1 aromatic carbocycles. The van der Waals surface area contributed by atoms with Crippen molar-refractivity contribution in [2.24, 2.45) is 0 Å². The van der Waals surface area contributed by atoms with Crippen molar-refractivity contribution in [3.63, 3.8) is 0 Å².